The van der Waals surface area contributed by atoms with Gasteiger partial charge < -0.3 is 15.0 Å². The number of thiazole rings is 1. The molecule has 52 heavy (non-hydrogen) atoms. The molecule has 8 rings (SSSR count). The van der Waals surface area contributed by atoms with Crippen molar-refractivity contribution < 1.29 is 45.5 Å². The number of hydrogen-bond acceptors (Lipinski definition) is 7. The summed E-state index contributed by atoms with van der Waals surface area (Å²) in [4.78, 5) is 57.6. The molecule has 1 saturated heterocycles. The maximum Gasteiger partial charge on any atom is 0.418 e. The van der Waals surface area contributed by atoms with E-state index in [-0.39, 0.29) is 27.7 Å². The van der Waals surface area contributed by atoms with Crippen molar-refractivity contribution in [3.63, 3.8) is 0 Å². The molecule has 0 spiro atoms. The first-order chi connectivity index (χ1) is 24.6. The molecule has 4 aromatic rings. The van der Waals surface area contributed by atoms with E-state index >= 15 is 0 Å². The summed E-state index contributed by atoms with van der Waals surface area (Å²) < 4.78 is 89.3. The smallest absolute Gasteiger partial charge is 0.418 e. The minimum Gasteiger partial charge on any atom is -0.483 e. The number of fused-ring (bicyclic) bond motifs is 9. The van der Waals surface area contributed by atoms with E-state index in [4.69, 9.17) is 4.74 Å². The number of thioether (sulfide) groups is 1. The van der Waals surface area contributed by atoms with Gasteiger partial charge in [-0.1, -0.05) is 51.5 Å². The van der Waals surface area contributed by atoms with Crippen LogP contribution in [0.5, 0.6) is 5.75 Å². The van der Waals surface area contributed by atoms with Crippen molar-refractivity contribution in [2.24, 2.45) is 29.6 Å². The van der Waals surface area contributed by atoms with Gasteiger partial charge in [0.2, 0.25) is 11.8 Å². The number of halogens is 7. The largest absolute Gasteiger partial charge is 0.483 e. The molecule has 3 fully saturated rings. The molecule has 3 heterocycles. The zero-order valence-electron chi connectivity index (χ0n) is 26.3. The van der Waals surface area contributed by atoms with Crippen molar-refractivity contribution >= 4 is 68.1 Å². The van der Waals surface area contributed by atoms with E-state index < -0.39 is 82.9 Å². The molecule has 8 nitrogen and oxygen atoms in total. The number of para-hydroxylation sites is 2. The molecule has 270 valence electrons. The molecular formula is C35H24BrF6N3O5S2. The van der Waals surface area contributed by atoms with E-state index in [2.05, 4.69) is 26.2 Å². The lowest BCUT2D eigenvalue weighted by molar-refractivity contribution is -0.138. The number of rotatable bonds is 6. The first-order valence-electron chi connectivity index (χ1n) is 16.0. The molecule has 7 atom stereocenters. The van der Waals surface area contributed by atoms with Crippen molar-refractivity contribution in [1.29, 1.82) is 0 Å². The van der Waals surface area contributed by atoms with Gasteiger partial charge in [-0.05, 0) is 66.6 Å². The Hall–Kier alpha value is -4.09. The number of anilines is 2. The molecule has 3 aromatic carbocycles. The SMILES string of the molecule is O=C(COc1ccc(Br)cc1[C@@H]1c2sc(=O)[nH]c2S[C@@H]2[C@@H]3C[C@@H]([C@@H]4C(=O)N(c5ccccc5C(F)(F)F)C(=O)[C@@H]34)[C@H]12)Nc1ccccc1C(F)(F)F. The van der Waals surface area contributed by atoms with E-state index in [9.17, 15) is 45.5 Å². The Labute approximate surface area is 307 Å². The predicted octanol–water partition coefficient (Wildman–Crippen LogP) is 7.93. The molecule has 17 heteroatoms. The van der Waals surface area contributed by atoms with Crippen LogP contribution in [0, 0.1) is 29.6 Å². The van der Waals surface area contributed by atoms with Crippen LogP contribution < -0.4 is 19.8 Å². The van der Waals surface area contributed by atoms with Crippen LogP contribution in [0.15, 0.2) is 81.0 Å². The summed E-state index contributed by atoms with van der Waals surface area (Å²) in [5.41, 5.74) is -2.52. The van der Waals surface area contributed by atoms with Crippen molar-refractivity contribution in [1.82, 2.24) is 4.98 Å². The molecule has 0 radical (unpaired) electrons. The number of H-pyrrole nitrogens is 1. The molecule has 2 aliphatic heterocycles. The second-order valence-corrected chi connectivity index (χ2v) is 16.2. The molecule has 0 unspecified atom stereocenters. The first-order valence-corrected chi connectivity index (χ1v) is 18.4. The van der Waals surface area contributed by atoms with E-state index in [0.717, 1.165) is 35.6 Å². The minimum absolute atomic E-state index is 0.207. The van der Waals surface area contributed by atoms with Gasteiger partial charge >= 0.3 is 17.2 Å². The number of hydrogen-bond donors (Lipinski definition) is 2. The lowest BCUT2D eigenvalue weighted by Gasteiger charge is -2.43. The number of nitrogens with zero attached hydrogens (tertiary/aromatic N) is 1. The van der Waals surface area contributed by atoms with Crippen LogP contribution in [-0.2, 0) is 26.7 Å². The van der Waals surface area contributed by atoms with Gasteiger partial charge in [0.25, 0.3) is 5.91 Å². The van der Waals surface area contributed by atoms with Crippen LogP contribution in [0.1, 0.15) is 33.9 Å². The highest BCUT2D eigenvalue weighted by molar-refractivity contribution is 9.10. The monoisotopic (exact) mass is 823 g/mol. The van der Waals surface area contributed by atoms with E-state index in [1.807, 2.05) is 0 Å². The summed E-state index contributed by atoms with van der Waals surface area (Å²) >= 11 is 5.83. The third kappa shape index (κ3) is 5.66. The standard InChI is InChI=1S/C35H24BrF6N3O5S2/c36-14-9-10-22(50-13-23(46)43-20-7-3-1-5-18(20)34(37,38)39)15(11-14)24-25-16-12-17(28(25)51-30-29(24)52-33(49)44-30)27-26(16)31(47)45(32(27)48)21-8-4-2-6-19(21)35(40,41)42/h1-11,16-17,24-28H,12-13H2,(H,43,46)(H,44,49)/t16-,17-,24+,25-,26+,27+,28-/m1/s1. The Kier molecular flexibility index (Phi) is 8.41. The molecule has 3 amide bonds. The Bertz CT molecular complexity index is 2210. The van der Waals surface area contributed by atoms with Crippen LogP contribution in [0.4, 0.5) is 37.7 Å². The maximum atomic E-state index is 14.1. The van der Waals surface area contributed by atoms with Gasteiger partial charge in [0.15, 0.2) is 6.61 Å². The van der Waals surface area contributed by atoms with Crippen molar-refractivity contribution in [3.8, 4) is 5.75 Å². The number of imide groups is 1. The fourth-order valence-corrected chi connectivity index (χ4v) is 11.8. The third-order valence-corrected chi connectivity index (χ3v) is 13.4. The number of carbonyl (C=O) groups excluding carboxylic acids is 3. The highest BCUT2D eigenvalue weighted by Gasteiger charge is 2.70. The number of aromatic nitrogens is 1. The summed E-state index contributed by atoms with van der Waals surface area (Å²) in [7, 11) is 0. The second-order valence-electron chi connectivity index (χ2n) is 13.0. The fourth-order valence-electron chi connectivity index (χ4n) is 8.57. The lowest BCUT2D eigenvalue weighted by Crippen LogP contribution is -2.42. The number of alkyl halides is 6. The molecule has 2 saturated carbocycles. The van der Waals surface area contributed by atoms with E-state index in [1.54, 1.807) is 18.2 Å². The van der Waals surface area contributed by atoms with Gasteiger partial charge in [-0.25, -0.2) is 4.90 Å². The predicted molar refractivity (Wildman–Crippen MR) is 182 cm³/mol. The minimum atomic E-state index is -4.81. The van der Waals surface area contributed by atoms with Crippen LogP contribution in [0.25, 0.3) is 0 Å². The summed E-state index contributed by atoms with van der Waals surface area (Å²) in [6.45, 7) is -0.663. The number of carbonyl (C=O) groups is 3. The highest BCUT2D eigenvalue weighted by Crippen LogP contribution is 2.69. The van der Waals surface area contributed by atoms with Gasteiger partial charge in [0, 0.05) is 26.1 Å². The first kappa shape index (κ1) is 35.0. The summed E-state index contributed by atoms with van der Waals surface area (Å²) in [5, 5.41) is 2.51. The van der Waals surface area contributed by atoms with Gasteiger partial charge in [0.05, 0.1) is 39.4 Å². The Balaban J connectivity index is 1.14. The molecule has 2 bridgehead atoms. The normalized spacial score (nSPS) is 26.3. The quantitative estimate of drug-likeness (QED) is 0.151. The number of nitrogens with one attached hydrogen (secondary N) is 2. The highest BCUT2D eigenvalue weighted by atomic mass is 79.9. The third-order valence-electron chi connectivity index (χ3n) is 10.3. The Morgan fingerprint density at radius 1 is 0.904 bits per heavy atom. The Morgan fingerprint density at radius 2 is 1.56 bits per heavy atom. The molecule has 4 aliphatic rings. The maximum absolute atomic E-state index is 14.1. The van der Waals surface area contributed by atoms with Crippen LogP contribution in [0.2, 0.25) is 0 Å². The number of benzene rings is 3. The van der Waals surface area contributed by atoms with E-state index in [1.165, 1.54) is 36.0 Å². The van der Waals surface area contributed by atoms with Crippen molar-refractivity contribution in [3.05, 3.63) is 102 Å². The van der Waals surface area contributed by atoms with Gasteiger partial charge in [-0.2, -0.15) is 26.3 Å². The molecule has 1 aromatic heterocycles. The zero-order valence-corrected chi connectivity index (χ0v) is 29.5. The molecule has 2 N–H and O–H groups in total. The zero-order chi connectivity index (χ0) is 36.9. The molecular weight excluding hydrogens is 800 g/mol. The van der Waals surface area contributed by atoms with Crippen molar-refractivity contribution in [2.75, 3.05) is 16.8 Å². The van der Waals surface area contributed by atoms with Crippen molar-refractivity contribution in [2.45, 2.75) is 35.0 Å². The topological polar surface area (TPSA) is 109 Å². The lowest BCUT2D eigenvalue weighted by atomic mass is 9.68. The van der Waals surface area contributed by atoms with Crippen LogP contribution in [-0.4, -0.2) is 34.6 Å². The number of ether oxygens (including phenoxy) is 1. The van der Waals surface area contributed by atoms with Crippen LogP contribution >= 0.6 is 39.0 Å². The average molecular weight is 825 g/mol. The van der Waals surface area contributed by atoms with Crippen LogP contribution in [0.3, 0.4) is 0 Å². The number of amides is 3. The summed E-state index contributed by atoms with van der Waals surface area (Å²) in [6.07, 6.45) is -9.05. The van der Waals surface area contributed by atoms with E-state index in [0.29, 0.717) is 31.3 Å². The fraction of sp³-hybridized carbons (Fsp3) is 0.314. The summed E-state index contributed by atoms with van der Waals surface area (Å²) in [6, 6.07) is 14.0. The van der Waals surface area contributed by atoms with Gasteiger partial charge in [-0.3, -0.25) is 19.2 Å². The summed E-state index contributed by atoms with van der Waals surface area (Å²) in [5.74, 6) is -5.56. The molecule has 2 aliphatic carbocycles. The number of aromatic amines is 1. The van der Waals surface area contributed by atoms with Gasteiger partial charge in [0.1, 0.15) is 5.75 Å². The Morgan fingerprint density at radius 3 is 2.27 bits per heavy atom. The average Bonchev–Trinajstić information content (AvgIpc) is 3.82. The second kappa shape index (κ2) is 12.5. The van der Waals surface area contributed by atoms with Gasteiger partial charge in [-0.15, -0.1) is 11.8 Å².